The van der Waals surface area contributed by atoms with Crippen molar-refractivity contribution in [3.8, 4) is 11.5 Å². The van der Waals surface area contributed by atoms with Gasteiger partial charge in [0.2, 0.25) is 0 Å². The van der Waals surface area contributed by atoms with E-state index in [0.717, 1.165) is 11.8 Å². The monoisotopic (exact) mass is 346 g/mol. The number of ether oxygens (including phenoxy) is 2. The molecule has 126 valence electrons. The van der Waals surface area contributed by atoms with Gasteiger partial charge in [0, 0.05) is 13.2 Å². The van der Waals surface area contributed by atoms with Gasteiger partial charge in [0.05, 0.1) is 12.0 Å². The molecule has 0 aliphatic rings. The van der Waals surface area contributed by atoms with Crippen LogP contribution in [0.1, 0.15) is 18.1 Å². The van der Waals surface area contributed by atoms with E-state index in [-0.39, 0.29) is 10.9 Å². The summed E-state index contributed by atoms with van der Waals surface area (Å²) in [7, 11) is -1.89. The van der Waals surface area contributed by atoms with Crippen LogP contribution < -0.4 is 9.47 Å². The van der Waals surface area contributed by atoms with Gasteiger partial charge in [0.25, 0.3) is 0 Å². The predicted molar refractivity (Wildman–Crippen MR) is 92.8 cm³/mol. The molecule has 0 aliphatic carbocycles. The van der Waals surface area contributed by atoms with Crippen molar-refractivity contribution in [3.05, 3.63) is 53.6 Å². The molecule has 0 bridgehead atoms. The lowest BCUT2D eigenvalue weighted by atomic mass is 10.1. The van der Waals surface area contributed by atoms with Crippen LogP contribution in [0.2, 0.25) is 0 Å². The van der Waals surface area contributed by atoms with Crippen LogP contribution in [0.25, 0.3) is 12.2 Å². The SMILES string of the molecule is COc1ccc(/C=C/c2ccc(OC(C)=O)cc2)c(S(C)(=O)=O)c1. The summed E-state index contributed by atoms with van der Waals surface area (Å²) in [5.41, 5.74) is 1.42. The van der Waals surface area contributed by atoms with E-state index in [1.165, 1.54) is 20.1 Å². The number of carbonyl (C=O) groups is 1. The standard InChI is InChI=1S/C18H18O5S/c1-13(19)23-16-9-5-14(6-10-16)4-7-15-8-11-17(22-2)12-18(15)24(3,20)21/h4-12H,1-3H3/b7-4+. The fourth-order valence-electron chi connectivity index (χ4n) is 2.10. The molecule has 0 fully saturated rings. The topological polar surface area (TPSA) is 69.7 Å². The number of hydrogen-bond acceptors (Lipinski definition) is 5. The van der Waals surface area contributed by atoms with Crippen molar-refractivity contribution < 1.29 is 22.7 Å². The Morgan fingerprint density at radius 2 is 1.62 bits per heavy atom. The van der Waals surface area contributed by atoms with E-state index in [0.29, 0.717) is 17.1 Å². The zero-order chi connectivity index (χ0) is 17.7. The normalized spacial score (nSPS) is 11.5. The molecular formula is C18H18O5S. The molecular weight excluding hydrogens is 328 g/mol. The molecule has 5 nitrogen and oxygen atoms in total. The maximum absolute atomic E-state index is 11.9. The third kappa shape index (κ3) is 4.70. The molecule has 0 saturated heterocycles. The zero-order valence-electron chi connectivity index (χ0n) is 13.6. The number of benzene rings is 2. The smallest absolute Gasteiger partial charge is 0.308 e. The maximum atomic E-state index is 11.9. The van der Waals surface area contributed by atoms with E-state index in [1.54, 1.807) is 48.6 Å². The van der Waals surface area contributed by atoms with Crippen LogP contribution in [-0.2, 0) is 14.6 Å². The van der Waals surface area contributed by atoms with E-state index < -0.39 is 9.84 Å². The van der Waals surface area contributed by atoms with Crippen LogP contribution in [0.5, 0.6) is 11.5 Å². The summed E-state index contributed by atoms with van der Waals surface area (Å²) in [6.07, 6.45) is 4.66. The van der Waals surface area contributed by atoms with E-state index in [1.807, 2.05) is 0 Å². The first-order valence-corrected chi connectivity index (χ1v) is 9.03. The van der Waals surface area contributed by atoms with Crippen molar-refractivity contribution in [2.75, 3.05) is 13.4 Å². The van der Waals surface area contributed by atoms with Crippen molar-refractivity contribution >= 4 is 28.0 Å². The largest absolute Gasteiger partial charge is 0.497 e. The first-order valence-electron chi connectivity index (χ1n) is 7.14. The summed E-state index contributed by atoms with van der Waals surface area (Å²) in [5, 5.41) is 0. The van der Waals surface area contributed by atoms with Crippen LogP contribution in [0, 0.1) is 0 Å². The van der Waals surface area contributed by atoms with Crippen molar-refractivity contribution in [1.29, 1.82) is 0 Å². The van der Waals surface area contributed by atoms with Gasteiger partial charge < -0.3 is 9.47 Å². The highest BCUT2D eigenvalue weighted by molar-refractivity contribution is 7.90. The van der Waals surface area contributed by atoms with E-state index in [2.05, 4.69) is 0 Å². The number of rotatable bonds is 5. The fraction of sp³-hybridized carbons (Fsp3) is 0.167. The molecule has 0 aliphatic heterocycles. The highest BCUT2D eigenvalue weighted by Gasteiger charge is 2.13. The van der Waals surface area contributed by atoms with Gasteiger partial charge in [-0.2, -0.15) is 0 Å². The second-order valence-electron chi connectivity index (χ2n) is 5.17. The van der Waals surface area contributed by atoms with Crippen LogP contribution in [0.15, 0.2) is 47.4 Å². The van der Waals surface area contributed by atoms with Gasteiger partial charge in [-0.05, 0) is 41.5 Å². The molecule has 0 aromatic heterocycles. The Balaban J connectivity index is 2.30. The Kier molecular flexibility index (Phi) is 5.41. The third-order valence-corrected chi connectivity index (χ3v) is 4.37. The van der Waals surface area contributed by atoms with Crippen LogP contribution in [0.3, 0.4) is 0 Å². The molecule has 24 heavy (non-hydrogen) atoms. The van der Waals surface area contributed by atoms with Gasteiger partial charge in [-0.15, -0.1) is 0 Å². The summed E-state index contributed by atoms with van der Waals surface area (Å²) in [4.78, 5) is 11.1. The zero-order valence-corrected chi connectivity index (χ0v) is 14.5. The third-order valence-electron chi connectivity index (χ3n) is 3.22. The van der Waals surface area contributed by atoms with E-state index in [4.69, 9.17) is 9.47 Å². The maximum Gasteiger partial charge on any atom is 0.308 e. The quantitative estimate of drug-likeness (QED) is 0.472. The number of hydrogen-bond donors (Lipinski definition) is 0. The number of methoxy groups -OCH3 is 1. The molecule has 0 N–H and O–H groups in total. The molecule has 2 rings (SSSR count). The molecule has 0 heterocycles. The number of sulfone groups is 1. The number of esters is 1. The lowest BCUT2D eigenvalue weighted by Gasteiger charge is -2.07. The van der Waals surface area contributed by atoms with Crippen molar-refractivity contribution in [2.45, 2.75) is 11.8 Å². The molecule has 0 saturated carbocycles. The van der Waals surface area contributed by atoms with Crippen molar-refractivity contribution in [2.24, 2.45) is 0 Å². The van der Waals surface area contributed by atoms with E-state index >= 15 is 0 Å². The van der Waals surface area contributed by atoms with Gasteiger partial charge in [0.15, 0.2) is 9.84 Å². The summed E-state index contributed by atoms with van der Waals surface area (Å²) in [6, 6.07) is 11.8. The van der Waals surface area contributed by atoms with Crippen molar-refractivity contribution in [3.63, 3.8) is 0 Å². The lowest BCUT2D eigenvalue weighted by Crippen LogP contribution is -2.01. The molecule has 6 heteroatoms. The average Bonchev–Trinajstić information content (AvgIpc) is 2.52. The summed E-state index contributed by atoms with van der Waals surface area (Å²) >= 11 is 0. The Hall–Kier alpha value is -2.60. The average molecular weight is 346 g/mol. The molecule has 2 aromatic rings. The highest BCUT2D eigenvalue weighted by Crippen LogP contribution is 2.24. The first kappa shape index (κ1) is 17.7. The number of carbonyl (C=O) groups excluding carboxylic acids is 1. The van der Waals surface area contributed by atoms with Gasteiger partial charge in [0.1, 0.15) is 11.5 Å². The lowest BCUT2D eigenvalue weighted by molar-refractivity contribution is -0.131. The van der Waals surface area contributed by atoms with Crippen LogP contribution >= 0.6 is 0 Å². The first-order chi connectivity index (χ1) is 11.3. The van der Waals surface area contributed by atoms with Crippen LogP contribution in [-0.4, -0.2) is 27.8 Å². The van der Waals surface area contributed by atoms with E-state index in [9.17, 15) is 13.2 Å². The fourth-order valence-corrected chi connectivity index (χ4v) is 2.99. The Labute approximate surface area is 141 Å². The summed E-state index contributed by atoms with van der Waals surface area (Å²) in [6.45, 7) is 1.34. The molecule has 2 aromatic carbocycles. The minimum Gasteiger partial charge on any atom is -0.497 e. The molecule has 0 amide bonds. The van der Waals surface area contributed by atoms with Crippen LogP contribution in [0.4, 0.5) is 0 Å². The Morgan fingerprint density at radius 1 is 1.00 bits per heavy atom. The van der Waals surface area contributed by atoms with Gasteiger partial charge in [-0.1, -0.05) is 24.3 Å². The Morgan fingerprint density at radius 3 is 2.17 bits per heavy atom. The molecule has 0 radical (unpaired) electrons. The van der Waals surface area contributed by atoms with Gasteiger partial charge >= 0.3 is 5.97 Å². The van der Waals surface area contributed by atoms with Gasteiger partial charge in [-0.3, -0.25) is 4.79 Å². The molecule has 0 unspecified atom stereocenters. The van der Waals surface area contributed by atoms with Crippen molar-refractivity contribution in [1.82, 2.24) is 0 Å². The second kappa shape index (κ2) is 7.31. The van der Waals surface area contributed by atoms with Gasteiger partial charge in [-0.25, -0.2) is 8.42 Å². The summed E-state index contributed by atoms with van der Waals surface area (Å²) < 4.78 is 33.9. The highest BCUT2D eigenvalue weighted by atomic mass is 32.2. The minimum absolute atomic E-state index is 0.203. The minimum atomic E-state index is -3.38. The predicted octanol–water partition coefficient (Wildman–Crippen LogP) is 3.19. The molecule has 0 spiro atoms. The Bertz CT molecular complexity index is 865. The second-order valence-corrected chi connectivity index (χ2v) is 7.16. The molecule has 0 atom stereocenters. The summed E-state index contributed by atoms with van der Waals surface area (Å²) in [5.74, 6) is 0.563.